The van der Waals surface area contributed by atoms with Crippen LogP contribution in [0.1, 0.15) is 11.1 Å². The van der Waals surface area contributed by atoms with E-state index in [4.69, 9.17) is 10.5 Å². The summed E-state index contributed by atoms with van der Waals surface area (Å²) in [7, 11) is 1.34. The maximum Gasteiger partial charge on any atom is 0.416 e. The summed E-state index contributed by atoms with van der Waals surface area (Å²) in [5.41, 5.74) is 5.28. The van der Waals surface area contributed by atoms with Crippen LogP contribution in [0.15, 0.2) is 18.2 Å². The molecule has 7 heteroatoms. The van der Waals surface area contributed by atoms with Crippen molar-refractivity contribution in [1.29, 1.82) is 0 Å². The summed E-state index contributed by atoms with van der Waals surface area (Å²) in [4.78, 5) is 0. The first-order valence-electron chi connectivity index (χ1n) is 5.12. The second kappa shape index (κ2) is 4.95. The van der Waals surface area contributed by atoms with Crippen LogP contribution >= 0.6 is 12.4 Å². The van der Waals surface area contributed by atoms with Crippen LogP contribution in [0.2, 0.25) is 0 Å². The Bertz CT molecular complexity index is 433. The minimum Gasteiger partial charge on any atom is -0.496 e. The van der Waals surface area contributed by atoms with Crippen molar-refractivity contribution in [3.63, 3.8) is 0 Å². The average molecular weight is 283 g/mol. The van der Waals surface area contributed by atoms with Crippen molar-refractivity contribution in [2.24, 2.45) is 5.73 Å². The first kappa shape index (κ1) is 15.1. The van der Waals surface area contributed by atoms with Crippen molar-refractivity contribution < 1.29 is 17.9 Å². The fourth-order valence-corrected chi connectivity index (χ4v) is 1.86. The third kappa shape index (κ3) is 2.55. The third-order valence-electron chi connectivity index (χ3n) is 2.95. The summed E-state index contributed by atoms with van der Waals surface area (Å²) in [5.74, 6) is 0.184. The lowest BCUT2D eigenvalue weighted by molar-refractivity contribution is -0.137. The Kier molecular flexibility index (Phi) is 4.15. The molecule has 0 atom stereocenters. The number of rotatable bonds is 2. The second-order valence-electron chi connectivity index (χ2n) is 4.17. The number of methoxy groups -OCH3 is 1. The van der Waals surface area contributed by atoms with Gasteiger partial charge in [-0.05, 0) is 12.1 Å². The van der Waals surface area contributed by atoms with Gasteiger partial charge in [0.25, 0.3) is 0 Å². The predicted octanol–water partition coefficient (Wildman–Crippen LogP) is 1.89. The molecule has 0 spiro atoms. The SMILES string of the molecule is COc1cc(C(F)(F)F)ccc1C1(N)CNC1.Cl. The molecule has 3 N–H and O–H groups in total. The van der Waals surface area contributed by atoms with Gasteiger partial charge in [0.2, 0.25) is 0 Å². The number of nitrogens with two attached hydrogens (primary N) is 1. The highest BCUT2D eigenvalue weighted by molar-refractivity contribution is 5.85. The molecule has 1 heterocycles. The molecule has 2 rings (SSSR count). The summed E-state index contributed by atoms with van der Waals surface area (Å²) in [6, 6.07) is 3.41. The van der Waals surface area contributed by atoms with Crippen molar-refractivity contribution in [3.8, 4) is 5.75 Å². The van der Waals surface area contributed by atoms with Crippen molar-refractivity contribution >= 4 is 12.4 Å². The number of benzene rings is 1. The van der Waals surface area contributed by atoms with Crippen LogP contribution in [0.25, 0.3) is 0 Å². The Morgan fingerprint density at radius 3 is 2.33 bits per heavy atom. The Balaban J connectivity index is 0.00000162. The second-order valence-corrected chi connectivity index (χ2v) is 4.17. The summed E-state index contributed by atoms with van der Waals surface area (Å²) >= 11 is 0. The van der Waals surface area contributed by atoms with Crippen LogP contribution in [0.4, 0.5) is 13.2 Å². The van der Waals surface area contributed by atoms with Gasteiger partial charge in [0.15, 0.2) is 0 Å². The lowest BCUT2D eigenvalue weighted by Crippen LogP contribution is -2.62. The van der Waals surface area contributed by atoms with Crippen molar-refractivity contribution in [1.82, 2.24) is 5.32 Å². The van der Waals surface area contributed by atoms with E-state index in [-0.39, 0.29) is 18.2 Å². The highest BCUT2D eigenvalue weighted by atomic mass is 35.5. The van der Waals surface area contributed by atoms with Gasteiger partial charge in [0.05, 0.1) is 18.2 Å². The number of ether oxygens (including phenoxy) is 1. The molecular formula is C11H14ClF3N2O. The van der Waals surface area contributed by atoms with Crippen LogP contribution < -0.4 is 15.8 Å². The minimum atomic E-state index is -4.37. The molecule has 0 aliphatic carbocycles. The molecule has 102 valence electrons. The third-order valence-corrected chi connectivity index (χ3v) is 2.95. The van der Waals surface area contributed by atoms with Crippen LogP contribution in [-0.2, 0) is 11.7 Å². The number of halogens is 4. The molecule has 0 radical (unpaired) electrons. The zero-order valence-electron chi connectivity index (χ0n) is 9.67. The Hall–Kier alpha value is -0.980. The van der Waals surface area contributed by atoms with Crippen molar-refractivity contribution in [2.75, 3.05) is 20.2 Å². The average Bonchev–Trinajstić information content (AvgIpc) is 2.24. The van der Waals surface area contributed by atoms with Gasteiger partial charge in [-0.25, -0.2) is 0 Å². The molecule has 1 aliphatic rings. The highest BCUT2D eigenvalue weighted by Gasteiger charge is 2.38. The number of alkyl halides is 3. The Labute approximate surface area is 109 Å². The van der Waals surface area contributed by atoms with Gasteiger partial charge in [-0.3, -0.25) is 0 Å². The fourth-order valence-electron chi connectivity index (χ4n) is 1.86. The summed E-state index contributed by atoms with van der Waals surface area (Å²) in [6.45, 7) is 1.07. The first-order chi connectivity index (χ1) is 7.87. The van der Waals surface area contributed by atoms with Gasteiger partial charge in [-0.2, -0.15) is 13.2 Å². The Morgan fingerprint density at radius 1 is 1.33 bits per heavy atom. The molecule has 1 aromatic carbocycles. The molecule has 0 unspecified atom stereocenters. The van der Waals surface area contributed by atoms with E-state index in [0.717, 1.165) is 12.1 Å². The molecule has 3 nitrogen and oxygen atoms in total. The lowest BCUT2D eigenvalue weighted by Gasteiger charge is -2.40. The van der Waals surface area contributed by atoms with Crippen LogP contribution in [-0.4, -0.2) is 20.2 Å². The normalized spacial score (nSPS) is 17.6. The van der Waals surface area contributed by atoms with Gasteiger partial charge < -0.3 is 15.8 Å². The van der Waals surface area contributed by atoms with Crippen LogP contribution in [0, 0.1) is 0 Å². The largest absolute Gasteiger partial charge is 0.496 e. The van der Waals surface area contributed by atoms with E-state index >= 15 is 0 Å². The molecule has 0 bridgehead atoms. The Morgan fingerprint density at radius 2 is 1.94 bits per heavy atom. The minimum absolute atomic E-state index is 0. The topological polar surface area (TPSA) is 47.3 Å². The standard InChI is InChI=1S/C11H13F3N2O.ClH/c1-17-9-4-7(11(12,13)14)2-3-8(9)10(15)5-16-6-10;/h2-4,16H,5-6,15H2,1H3;1H. The molecule has 18 heavy (non-hydrogen) atoms. The molecule has 1 aromatic rings. The van der Waals surface area contributed by atoms with Crippen molar-refractivity contribution in [2.45, 2.75) is 11.7 Å². The quantitative estimate of drug-likeness (QED) is 0.871. The molecule has 0 amide bonds. The monoisotopic (exact) mass is 282 g/mol. The zero-order valence-corrected chi connectivity index (χ0v) is 10.5. The molecule has 1 saturated heterocycles. The van der Waals surface area contributed by atoms with Gasteiger partial charge in [-0.1, -0.05) is 6.07 Å². The van der Waals surface area contributed by atoms with E-state index in [1.54, 1.807) is 0 Å². The maximum atomic E-state index is 12.5. The zero-order chi connectivity index (χ0) is 12.7. The molecule has 1 aliphatic heterocycles. The van der Waals surface area contributed by atoms with E-state index in [1.165, 1.54) is 13.2 Å². The molecule has 0 saturated carbocycles. The first-order valence-corrected chi connectivity index (χ1v) is 5.12. The van der Waals surface area contributed by atoms with E-state index in [0.29, 0.717) is 18.7 Å². The highest BCUT2D eigenvalue weighted by Crippen LogP contribution is 2.37. The predicted molar refractivity (Wildman–Crippen MR) is 64.0 cm³/mol. The van der Waals surface area contributed by atoms with E-state index in [1.807, 2.05) is 0 Å². The van der Waals surface area contributed by atoms with Crippen LogP contribution in [0.3, 0.4) is 0 Å². The van der Waals surface area contributed by atoms with Gasteiger partial charge in [0.1, 0.15) is 5.75 Å². The van der Waals surface area contributed by atoms with Crippen molar-refractivity contribution in [3.05, 3.63) is 29.3 Å². The maximum absolute atomic E-state index is 12.5. The molecular weight excluding hydrogens is 269 g/mol. The summed E-state index contributed by atoms with van der Waals surface area (Å²) < 4.78 is 42.6. The van der Waals surface area contributed by atoms with Gasteiger partial charge in [-0.15, -0.1) is 12.4 Å². The summed E-state index contributed by atoms with van der Waals surface area (Å²) in [5, 5.41) is 2.99. The van der Waals surface area contributed by atoms with E-state index in [9.17, 15) is 13.2 Å². The fraction of sp³-hybridized carbons (Fsp3) is 0.455. The smallest absolute Gasteiger partial charge is 0.416 e. The number of nitrogens with one attached hydrogen (secondary N) is 1. The lowest BCUT2D eigenvalue weighted by atomic mass is 9.84. The van der Waals surface area contributed by atoms with Gasteiger partial charge >= 0.3 is 6.18 Å². The number of hydrogen-bond acceptors (Lipinski definition) is 3. The van der Waals surface area contributed by atoms with E-state index in [2.05, 4.69) is 5.32 Å². The molecule has 1 fully saturated rings. The number of hydrogen-bond donors (Lipinski definition) is 2. The summed E-state index contributed by atoms with van der Waals surface area (Å²) in [6.07, 6.45) is -4.37. The van der Waals surface area contributed by atoms with Gasteiger partial charge in [0, 0.05) is 18.7 Å². The van der Waals surface area contributed by atoms with Crippen LogP contribution in [0.5, 0.6) is 5.75 Å². The molecule has 0 aromatic heterocycles. The van der Waals surface area contributed by atoms with E-state index < -0.39 is 17.3 Å².